The van der Waals surface area contributed by atoms with E-state index >= 15 is 0 Å². The highest BCUT2D eigenvalue weighted by Gasteiger charge is 2.22. The van der Waals surface area contributed by atoms with Gasteiger partial charge in [0, 0.05) is 11.6 Å². The third-order valence-corrected chi connectivity index (χ3v) is 3.01. The molecule has 0 aliphatic carbocycles. The van der Waals surface area contributed by atoms with E-state index in [-0.39, 0.29) is 17.0 Å². The van der Waals surface area contributed by atoms with Crippen molar-refractivity contribution in [1.29, 1.82) is 0 Å². The van der Waals surface area contributed by atoms with Crippen molar-refractivity contribution in [3.8, 4) is 16.9 Å². The summed E-state index contributed by atoms with van der Waals surface area (Å²) in [4.78, 5) is 11.3. The van der Waals surface area contributed by atoms with Crippen LogP contribution >= 0.6 is 0 Å². The number of hydrogen-bond acceptors (Lipinski definition) is 3. The lowest BCUT2D eigenvalue weighted by Gasteiger charge is -2.07. The van der Waals surface area contributed by atoms with Crippen molar-refractivity contribution in [2.45, 2.75) is 0 Å². The van der Waals surface area contributed by atoms with Crippen LogP contribution in [-0.4, -0.2) is 26.1 Å². The van der Waals surface area contributed by atoms with Crippen LogP contribution in [0.3, 0.4) is 0 Å². The highest BCUT2D eigenvalue weighted by molar-refractivity contribution is 5.93. The first kappa shape index (κ1) is 13.9. The molecule has 0 atom stereocenters. The van der Waals surface area contributed by atoms with Crippen LogP contribution in [0.1, 0.15) is 10.5 Å². The lowest BCUT2D eigenvalue weighted by molar-refractivity contribution is 0.0691. The second-order valence-electron chi connectivity index (χ2n) is 4.50. The minimum absolute atomic E-state index is 0.0112. The quantitative estimate of drug-likeness (QED) is 0.807. The molecule has 0 amide bonds. The third kappa shape index (κ3) is 2.44. The molecular weight excluding hydrogens is 292 g/mol. The molecule has 0 saturated heterocycles. The summed E-state index contributed by atoms with van der Waals surface area (Å²) < 4.78 is 28.1. The number of para-hydroxylation sites is 1. The number of nitrogens with zero attached hydrogens (tertiary/aromatic N) is 3. The Hall–Kier alpha value is -3.09. The molecule has 2 aromatic carbocycles. The Labute approximate surface area is 123 Å². The predicted octanol–water partition coefficient (Wildman–Crippen LogP) is 2.91. The first-order valence-electron chi connectivity index (χ1n) is 6.27. The number of carbonyl (C=O) groups is 1. The van der Waals surface area contributed by atoms with Crippen molar-refractivity contribution in [1.82, 2.24) is 15.0 Å². The van der Waals surface area contributed by atoms with Gasteiger partial charge in [-0.05, 0) is 24.3 Å². The summed E-state index contributed by atoms with van der Waals surface area (Å²) in [6.07, 6.45) is 0. The van der Waals surface area contributed by atoms with Crippen molar-refractivity contribution in [3.05, 3.63) is 65.9 Å². The van der Waals surface area contributed by atoms with Crippen molar-refractivity contribution in [2.24, 2.45) is 0 Å². The minimum atomic E-state index is -1.33. The zero-order chi connectivity index (χ0) is 15.7. The molecular formula is C15H9F2N3O2. The number of benzene rings is 2. The van der Waals surface area contributed by atoms with Gasteiger partial charge in [-0.1, -0.05) is 23.4 Å². The first-order chi connectivity index (χ1) is 10.6. The van der Waals surface area contributed by atoms with E-state index in [2.05, 4.69) is 10.3 Å². The van der Waals surface area contributed by atoms with Crippen molar-refractivity contribution < 1.29 is 18.7 Å². The van der Waals surface area contributed by atoms with Crippen LogP contribution in [0.5, 0.6) is 0 Å². The molecule has 0 radical (unpaired) electrons. The smallest absolute Gasteiger partial charge is 0.358 e. The normalized spacial score (nSPS) is 10.6. The highest BCUT2D eigenvalue weighted by Crippen LogP contribution is 2.26. The van der Waals surface area contributed by atoms with Gasteiger partial charge >= 0.3 is 5.97 Å². The molecule has 0 spiro atoms. The highest BCUT2D eigenvalue weighted by atomic mass is 19.1. The van der Waals surface area contributed by atoms with Gasteiger partial charge in [-0.25, -0.2) is 18.3 Å². The zero-order valence-electron chi connectivity index (χ0n) is 11.1. The number of carboxylic acids is 1. The van der Waals surface area contributed by atoms with E-state index in [0.717, 1.165) is 12.1 Å². The molecule has 0 fully saturated rings. The molecule has 0 aliphatic heterocycles. The number of hydrogen-bond donors (Lipinski definition) is 1. The van der Waals surface area contributed by atoms with E-state index in [1.165, 1.54) is 4.68 Å². The zero-order valence-corrected chi connectivity index (χ0v) is 11.1. The van der Waals surface area contributed by atoms with Crippen molar-refractivity contribution in [2.75, 3.05) is 0 Å². The second-order valence-corrected chi connectivity index (χ2v) is 4.50. The summed E-state index contributed by atoms with van der Waals surface area (Å²) in [5, 5.41) is 16.6. The van der Waals surface area contributed by atoms with E-state index in [9.17, 15) is 18.7 Å². The molecule has 0 aliphatic rings. The van der Waals surface area contributed by atoms with Crippen LogP contribution in [0.2, 0.25) is 0 Å². The van der Waals surface area contributed by atoms with Gasteiger partial charge < -0.3 is 5.11 Å². The fraction of sp³-hybridized carbons (Fsp3) is 0. The molecule has 0 saturated carbocycles. The van der Waals surface area contributed by atoms with E-state index in [1.807, 2.05) is 0 Å². The molecule has 1 aromatic heterocycles. The summed E-state index contributed by atoms with van der Waals surface area (Å²) in [6.45, 7) is 0. The number of rotatable bonds is 3. The van der Waals surface area contributed by atoms with Gasteiger partial charge in [0.05, 0.1) is 5.69 Å². The molecule has 22 heavy (non-hydrogen) atoms. The Morgan fingerprint density at radius 3 is 2.27 bits per heavy atom. The van der Waals surface area contributed by atoms with Crippen LogP contribution in [0, 0.1) is 11.6 Å². The van der Waals surface area contributed by atoms with Crippen LogP contribution in [-0.2, 0) is 0 Å². The summed E-state index contributed by atoms with van der Waals surface area (Å²) >= 11 is 0. The van der Waals surface area contributed by atoms with E-state index in [1.54, 1.807) is 30.3 Å². The van der Waals surface area contributed by atoms with Gasteiger partial charge in [-0.3, -0.25) is 0 Å². The monoisotopic (exact) mass is 301 g/mol. The minimum Gasteiger partial charge on any atom is -0.476 e. The van der Waals surface area contributed by atoms with Crippen molar-refractivity contribution >= 4 is 5.97 Å². The summed E-state index contributed by atoms with van der Waals surface area (Å²) in [5.74, 6) is -2.96. The molecule has 7 heteroatoms. The lowest BCUT2D eigenvalue weighted by Crippen LogP contribution is -2.03. The van der Waals surface area contributed by atoms with Gasteiger partial charge in [-0.2, -0.15) is 0 Å². The van der Waals surface area contributed by atoms with Crippen LogP contribution < -0.4 is 0 Å². The fourth-order valence-corrected chi connectivity index (χ4v) is 2.13. The van der Waals surface area contributed by atoms with E-state index < -0.39 is 17.6 Å². The number of halogens is 2. The Bertz CT molecular complexity index is 827. The molecule has 1 heterocycles. The summed E-state index contributed by atoms with van der Waals surface area (Å²) in [6, 6.07) is 11.4. The van der Waals surface area contributed by atoms with E-state index in [0.29, 0.717) is 11.8 Å². The van der Waals surface area contributed by atoms with Crippen LogP contribution in [0.25, 0.3) is 16.9 Å². The maximum Gasteiger partial charge on any atom is 0.358 e. The Morgan fingerprint density at radius 1 is 1.05 bits per heavy atom. The van der Waals surface area contributed by atoms with Gasteiger partial charge in [-0.15, -0.1) is 5.10 Å². The Kier molecular flexibility index (Phi) is 3.38. The number of carboxylic acid groups (broad SMARTS) is 1. The average molecular weight is 301 g/mol. The second kappa shape index (κ2) is 5.36. The fourth-order valence-electron chi connectivity index (χ4n) is 2.13. The molecule has 110 valence electrons. The SMILES string of the molecule is O=C(O)c1nnn(-c2ccccc2)c1-c1cc(F)cc(F)c1. The lowest BCUT2D eigenvalue weighted by atomic mass is 10.1. The topological polar surface area (TPSA) is 68.0 Å². The summed E-state index contributed by atoms with van der Waals surface area (Å²) in [5.41, 5.74) is 0.205. The molecule has 3 aromatic rings. The van der Waals surface area contributed by atoms with Gasteiger partial charge in [0.1, 0.15) is 17.3 Å². The molecule has 3 rings (SSSR count). The Morgan fingerprint density at radius 2 is 1.68 bits per heavy atom. The number of aromatic nitrogens is 3. The molecule has 0 unspecified atom stereocenters. The van der Waals surface area contributed by atoms with Crippen LogP contribution in [0.4, 0.5) is 8.78 Å². The average Bonchev–Trinajstić information content (AvgIpc) is 2.92. The molecule has 1 N–H and O–H groups in total. The molecule has 5 nitrogen and oxygen atoms in total. The predicted molar refractivity (Wildman–Crippen MR) is 73.7 cm³/mol. The van der Waals surface area contributed by atoms with Gasteiger partial charge in [0.25, 0.3) is 0 Å². The van der Waals surface area contributed by atoms with Crippen LogP contribution in [0.15, 0.2) is 48.5 Å². The van der Waals surface area contributed by atoms with Crippen molar-refractivity contribution in [3.63, 3.8) is 0 Å². The standard InChI is InChI=1S/C15H9F2N3O2/c16-10-6-9(7-11(17)8-10)14-13(15(21)22)18-19-20(14)12-4-2-1-3-5-12/h1-8H,(H,21,22). The number of aromatic carboxylic acids is 1. The van der Waals surface area contributed by atoms with Gasteiger partial charge in [0.2, 0.25) is 0 Å². The maximum atomic E-state index is 13.4. The third-order valence-electron chi connectivity index (χ3n) is 3.01. The largest absolute Gasteiger partial charge is 0.476 e. The molecule has 0 bridgehead atoms. The Balaban J connectivity index is 2.28. The summed E-state index contributed by atoms with van der Waals surface area (Å²) in [7, 11) is 0. The maximum absolute atomic E-state index is 13.4. The first-order valence-corrected chi connectivity index (χ1v) is 6.27. The van der Waals surface area contributed by atoms with E-state index in [4.69, 9.17) is 0 Å². The van der Waals surface area contributed by atoms with Gasteiger partial charge in [0.15, 0.2) is 5.69 Å².